The molecule has 0 aliphatic heterocycles. The van der Waals surface area contributed by atoms with Gasteiger partial charge in [-0.1, -0.05) is 17.7 Å². The van der Waals surface area contributed by atoms with Crippen LogP contribution < -0.4 is 0 Å². The lowest BCUT2D eigenvalue weighted by Gasteiger charge is -2.01. The monoisotopic (exact) mass is 299 g/mol. The number of carbonyl (C=O) groups excluding carboxylic acids is 1. The van der Waals surface area contributed by atoms with E-state index in [1.54, 1.807) is 13.0 Å². The maximum Gasteiger partial charge on any atom is 0.357 e. The Labute approximate surface area is 119 Å². The number of halogens is 2. The van der Waals surface area contributed by atoms with Crippen molar-refractivity contribution in [1.82, 2.24) is 4.98 Å². The first-order valence-electron chi connectivity index (χ1n) is 5.50. The van der Waals surface area contributed by atoms with Gasteiger partial charge in [-0.05, 0) is 24.6 Å². The molecule has 2 rings (SSSR count). The van der Waals surface area contributed by atoms with Crippen molar-refractivity contribution in [3.05, 3.63) is 50.2 Å². The molecule has 0 saturated carbocycles. The third kappa shape index (κ3) is 3.11. The van der Waals surface area contributed by atoms with Crippen molar-refractivity contribution in [1.29, 1.82) is 0 Å². The predicted molar refractivity (Wildman–Crippen MR) is 72.4 cm³/mol. The molecule has 0 aliphatic rings. The highest BCUT2D eigenvalue weighted by molar-refractivity contribution is 7.11. The zero-order chi connectivity index (χ0) is 14.0. The molecule has 100 valence electrons. The molecular weight excluding hydrogens is 289 g/mol. The number of aromatic nitrogens is 1. The van der Waals surface area contributed by atoms with Crippen molar-refractivity contribution >= 4 is 28.9 Å². The van der Waals surface area contributed by atoms with Gasteiger partial charge in [0.25, 0.3) is 0 Å². The van der Waals surface area contributed by atoms with E-state index in [-0.39, 0.29) is 5.82 Å². The Morgan fingerprint density at radius 3 is 2.89 bits per heavy atom. The van der Waals surface area contributed by atoms with Crippen molar-refractivity contribution in [2.75, 3.05) is 7.11 Å². The van der Waals surface area contributed by atoms with Gasteiger partial charge in [-0.15, -0.1) is 11.3 Å². The van der Waals surface area contributed by atoms with Gasteiger partial charge in [-0.25, -0.2) is 14.2 Å². The van der Waals surface area contributed by atoms with E-state index in [0.717, 1.165) is 15.4 Å². The summed E-state index contributed by atoms with van der Waals surface area (Å²) in [6.45, 7) is 1.81. The van der Waals surface area contributed by atoms with Crippen molar-refractivity contribution in [2.24, 2.45) is 0 Å². The van der Waals surface area contributed by atoms with Crippen LogP contribution in [-0.2, 0) is 11.2 Å². The Bertz CT molecular complexity index is 627. The number of esters is 1. The Morgan fingerprint density at radius 2 is 2.26 bits per heavy atom. The van der Waals surface area contributed by atoms with Crippen LogP contribution in [0.1, 0.15) is 25.9 Å². The number of hydrogen-bond acceptors (Lipinski definition) is 4. The summed E-state index contributed by atoms with van der Waals surface area (Å²) in [7, 11) is 1.32. The number of benzene rings is 1. The molecule has 0 saturated heterocycles. The van der Waals surface area contributed by atoms with Gasteiger partial charge in [-0.2, -0.15) is 0 Å². The van der Waals surface area contributed by atoms with Gasteiger partial charge in [0.1, 0.15) is 5.82 Å². The fourth-order valence-electron chi connectivity index (χ4n) is 1.64. The number of nitrogens with zero attached hydrogens (tertiary/aromatic N) is 1. The summed E-state index contributed by atoms with van der Waals surface area (Å²) in [6, 6.07) is 4.23. The molecule has 3 nitrogen and oxygen atoms in total. The second-order valence-electron chi connectivity index (χ2n) is 3.92. The van der Waals surface area contributed by atoms with Crippen LogP contribution in [0.5, 0.6) is 0 Å². The lowest BCUT2D eigenvalue weighted by molar-refractivity contribution is 0.0594. The highest BCUT2D eigenvalue weighted by atomic mass is 35.5. The van der Waals surface area contributed by atoms with Crippen molar-refractivity contribution < 1.29 is 13.9 Å². The molecule has 0 atom stereocenters. The summed E-state index contributed by atoms with van der Waals surface area (Å²) in [5.41, 5.74) is 1.09. The maximum absolute atomic E-state index is 12.9. The number of methoxy groups -OCH3 is 1. The molecule has 0 bridgehead atoms. The summed E-state index contributed by atoms with van der Waals surface area (Å²) in [5, 5.41) is 1.10. The maximum atomic E-state index is 12.9. The first kappa shape index (κ1) is 14.0. The lowest BCUT2D eigenvalue weighted by Crippen LogP contribution is -2.03. The van der Waals surface area contributed by atoms with E-state index in [9.17, 15) is 9.18 Å². The predicted octanol–water partition coefficient (Wildman–Crippen LogP) is 3.62. The number of ether oxygens (including phenoxy) is 1. The van der Waals surface area contributed by atoms with E-state index in [4.69, 9.17) is 11.6 Å². The molecule has 0 aliphatic carbocycles. The molecule has 2 aromatic rings. The molecule has 0 radical (unpaired) electrons. The highest BCUT2D eigenvalue weighted by Crippen LogP contribution is 2.25. The second-order valence-corrected chi connectivity index (χ2v) is 5.61. The van der Waals surface area contributed by atoms with Gasteiger partial charge in [-0.3, -0.25) is 0 Å². The van der Waals surface area contributed by atoms with Crippen LogP contribution >= 0.6 is 22.9 Å². The third-order valence-electron chi connectivity index (χ3n) is 2.58. The van der Waals surface area contributed by atoms with Crippen LogP contribution in [0, 0.1) is 12.7 Å². The molecular formula is C13H11ClFNO2S. The fraction of sp³-hybridized carbons (Fsp3) is 0.231. The molecule has 1 heterocycles. The Kier molecular flexibility index (Phi) is 4.17. The first-order chi connectivity index (χ1) is 9.01. The summed E-state index contributed by atoms with van der Waals surface area (Å²) in [5.74, 6) is -0.829. The van der Waals surface area contributed by atoms with Gasteiger partial charge < -0.3 is 4.74 Å². The number of aryl methyl sites for hydroxylation is 1. The molecule has 0 fully saturated rings. The van der Waals surface area contributed by atoms with Crippen LogP contribution in [0.2, 0.25) is 5.02 Å². The van der Waals surface area contributed by atoms with Gasteiger partial charge in [0, 0.05) is 16.3 Å². The largest absolute Gasteiger partial charge is 0.464 e. The van der Waals surface area contributed by atoms with Crippen molar-refractivity contribution in [3.63, 3.8) is 0 Å². The molecule has 6 heteroatoms. The van der Waals surface area contributed by atoms with E-state index >= 15 is 0 Å². The topological polar surface area (TPSA) is 39.2 Å². The third-order valence-corrected chi connectivity index (χ3v) is 3.90. The Morgan fingerprint density at radius 1 is 1.53 bits per heavy atom. The zero-order valence-corrected chi connectivity index (χ0v) is 11.9. The van der Waals surface area contributed by atoms with Crippen molar-refractivity contribution in [3.8, 4) is 0 Å². The van der Waals surface area contributed by atoms with Crippen LogP contribution in [0.25, 0.3) is 0 Å². The molecule has 1 aromatic carbocycles. The number of thiazole rings is 1. The SMILES string of the molecule is COC(=O)c1nc(Cc2ccc(F)cc2Cl)sc1C. The highest BCUT2D eigenvalue weighted by Gasteiger charge is 2.16. The van der Waals surface area contributed by atoms with Gasteiger partial charge >= 0.3 is 5.97 Å². The molecule has 0 spiro atoms. The van der Waals surface area contributed by atoms with Crippen molar-refractivity contribution in [2.45, 2.75) is 13.3 Å². The number of carbonyl (C=O) groups is 1. The van der Waals surface area contributed by atoms with Gasteiger partial charge in [0.2, 0.25) is 0 Å². The summed E-state index contributed by atoms with van der Waals surface area (Å²) in [4.78, 5) is 16.5. The minimum atomic E-state index is -0.454. The smallest absolute Gasteiger partial charge is 0.357 e. The molecule has 0 amide bonds. The van der Waals surface area contributed by atoms with E-state index in [1.807, 2.05) is 0 Å². The normalized spacial score (nSPS) is 10.5. The number of hydrogen-bond donors (Lipinski definition) is 0. The Balaban J connectivity index is 2.26. The molecule has 0 N–H and O–H groups in total. The van der Waals surface area contributed by atoms with Crippen LogP contribution in [0.15, 0.2) is 18.2 Å². The zero-order valence-electron chi connectivity index (χ0n) is 10.4. The Hall–Kier alpha value is -1.46. The molecule has 1 aromatic heterocycles. The number of rotatable bonds is 3. The molecule has 0 unspecified atom stereocenters. The average molecular weight is 300 g/mol. The standard InChI is InChI=1S/C13H11ClFNO2S/c1-7-12(13(17)18-2)16-11(19-7)5-8-3-4-9(15)6-10(8)14/h3-4,6H,5H2,1-2H3. The van der Waals surface area contributed by atoms with Gasteiger partial charge in [0.15, 0.2) is 5.69 Å². The summed E-state index contributed by atoms with van der Waals surface area (Å²) in [6.07, 6.45) is 0.460. The summed E-state index contributed by atoms with van der Waals surface area (Å²) >= 11 is 7.36. The lowest BCUT2D eigenvalue weighted by atomic mass is 10.1. The average Bonchev–Trinajstić information content (AvgIpc) is 2.73. The molecule has 19 heavy (non-hydrogen) atoms. The van der Waals surface area contributed by atoms with E-state index < -0.39 is 5.97 Å². The second kappa shape index (κ2) is 5.67. The quantitative estimate of drug-likeness (QED) is 0.813. The summed E-state index contributed by atoms with van der Waals surface area (Å²) < 4.78 is 17.6. The fourth-order valence-corrected chi connectivity index (χ4v) is 2.82. The van der Waals surface area contributed by atoms with E-state index in [1.165, 1.54) is 30.6 Å². The van der Waals surface area contributed by atoms with E-state index in [0.29, 0.717) is 17.1 Å². The first-order valence-corrected chi connectivity index (χ1v) is 6.69. The van der Waals surface area contributed by atoms with Crippen LogP contribution in [0.4, 0.5) is 4.39 Å². The minimum Gasteiger partial charge on any atom is -0.464 e. The van der Waals surface area contributed by atoms with Crippen LogP contribution in [0.3, 0.4) is 0 Å². The van der Waals surface area contributed by atoms with Crippen LogP contribution in [-0.4, -0.2) is 18.1 Å². The van der Waals surface area contributed by atoms with Gasteiger partial charge in [0.05, 0.1) is 12.1 Å². The van der Waals surface area contributed by atoms with E-state index in [2.05, 4.69) is 9.72 Å². The minimum absolute atomic E-state index is 0.320.